The molecule has 1 aliphatic rings. The van der Waals surface area contributed by atoms with Crippen molar-refractivity contribution in [3.8, 4) is 34.4 Å². The molecule has 55 heavy (non-hydrogen) atoms. The zero-order valence-electron chi connectivity index (χ0n) is 30.4. The van der Waals surface area contributed by atoms with E-state index in [0.29, 0.717) is 71.5 Å². The monoisotopic (exact) mass is 791 g/mol. The molecule has 2 heterocycles. The van der Waals surface area contributed by atoms with Gasteiger partial charge in [0.25, 0.3) is 0 Å². The van der Waals surface area contributed by atoms with E-state index in [4.69, 9.17) is 43.1 Å². The number of carboxylic acid groups (broad SMARTS) is 1. The number of nitrogens with two attached hydrogens (primary N) is 1. The van der Waals surface area contributed by atoms with E-state index in [0.717, 1.165) is 22.3 Å². The van der Waals surface area contributed by atoms with Crippen molar-refractivity contribution in [1.29, 1.82) is 5.26 Å². The summed E-state index contributed by atoms with van der Waals surface area (Å²) in [6.07, 6.45) is 3.38. The van der Waals surface area contributed by atoms with E-state index in [2.05, 4.69) is 16.4 Å². The van der Waals surface area contributed by atoms with Gasteiger partial charge in [-0.25, -0.2) is 0 Å². The van der Waals surface area contributed by atoms with Crippen LogP contribution in [0.4, 0.5) is 0 Å². The van der Waals surface area contributed by atoms with Crippen LogP contribution in [0.15, 0.2) is 67.0 Å². The van der Waals surface area contributed by atoms with Crippen molar-refractivity contribution in [2.75, 3.05) is 26.3 Å². The second-order valence-electron chi connectivity index (χ2n) is 13.5. The van der Waals surface area contributed by atoms with Crippen molar-refractivity contribution in [2.45, 2.75) is 64.1 Å². The van der Waals surface area contributed by atoms with Gasteiger partial charge in [0.2, 0.25) is 5.91 Å². The first-order valence-electron chi connectivity index (χ1n) is 17.6. The lowest BCUT2D eigenvalue weighted by molar-refractivity contribution is -0.146. The van der Waals surface area contributed by atoms with Crippen molar-refractivity contribution < 1.29 is 39.1 Å². The number of ether oxygens (including phenoxy) is 3. The van der Waals surface area contributed by atoms with Gasteiger partial charge in [0.15, 0.2) is 0 Å². The number of β-amino-alcohol motifs (C(OH)–C–C–N with tert-alkyl or cyclic N) is 1. The number of nitrogens with zero attached hydrogens (tertiary/aromatic N) is 3. The number of nitrogens with one attached hydrogen (secondary N) is 1. The van der Waals surface area contributed by atoms with Crippen LogP contribution in [0.25, 0.3) is 11.1 Å². The Kier molecular flexibility index (Phi) is 13.9. The summed E-state index contributed by atoms with van der Waals surface area (Å²) in [5, 5.41) is 42.2. The summed E-state index contributed by atoms with van der Waals surface area (Å²) in [6.45, 7) is 4.16. The smallest absolute Gasteiger partial charge is 0.326 e. The largest absolute Gasteiger partial charge is 0.492 e. The minimum Gasteiger partial charge on any atom is -0.492 e. The third-order valence-electron chi connectivity index (χ3n) is 9.53. The first-order chi connectivity index (χ1) is 26.3. The second-order valence-corrected chi connectivity index (χ2v) is 14.3. The molecule has 1 saturated heterocycles. The Morgan fingerprint density at radius 3 is 2.51 bits per heavy atom. The lowest BCUT2D eigenvalue weighted by Gasteiger charge is -2.25. The fraction of sp³-hybridized carbons (Fsp3) is 0.350. The van der Waals surface area contributed by atoms with Gasteiger partial charge in [-0.1, -0.05) is 53.5 Å². The third-order valence-corrected chi connectivity index (χ3v) is 10.2. The second kappa shape index (κ2) is 18.6. The number of benzene rings is 3. The number of pyridine rings is 1. The lowest BCUT2D eigenvalue weighted by atomic mass is 9.96. The fourth-order valence-corrected chi connectivity index (χ4v) is 6.75. The Balaban J connectivity index is 1.31. The van der Waals surface area contributed by atoms with Crippen LogP contribution in [-0.4, -0.2) is 81.1 Å². The number of carbonyl (C=O) groups excluding carboxylic acids is 1. The molecule has 13 nitrogen and oxygen atoms in total. The van der Waals surface area contributed by atoms with Crippen molar-refractivity contribution in [2.24, 2.45) is 5.73 Å². The molecule has 1 unspecified atom stereocenters. The number of aliphatic hydroxyl groups is 2. The SMILES string of the molecule is Cc1c(COc2cc(OCc3cncc(C#N)c3)c(CNC(C)(CO)C(=O)O)cc2Cl)cccc1-c1cccc(OCCCN2C[C@H](O)C[C@H]2C(N)=O)c1Cl. The fourth-order valence-electron chi connectivity index (χ4n) is 6.23. The number of hydrogen-bond donors (Lipinski definition) is 5. The Labute approximate surface area is 329 Å². The Hall–Kier alpha value is -4.94. The normalized spacial score (nSPS) is 16.6. The standard InChI is InChI=1S/C40H43Cl2N5O8/c1-24-27(6-3-7-30(24)31-8-4-9-34(37(31)42)53-11-5-10-47-20-29(49)14-33(47)38(44)50)22-55-36-15-35(54-21-26-12-25(16-43)17-45-18-26)28(13-32(36)41)19-46-40(2,23-48)39(51)52/h3-4,6-9,12-13,15,17-18,29,33,46,48-49H,5,10-11,14,19-23H2,1-2H3,(H2,44,50)(H,51,52)/t29-,33+,40?/m1/s1. The van der Waals surface area contributed by atoms with Crippen LogP contribution < -0.4 is 25.3 Å². The van der Waals surface area contributed by atoms with Gasteiger partial charge in [-0.05, 0) is 61.6 Å². The highest BCUT2D eigenvalue weighted by Gasteiger charge is 2.34. The van der Waals surface area contributed by atoms with Crippen molar-refractivity contribution in [1.82, 2.24) is 15.2 Å². The van der Waals surface area contributed by atoms with Gasteiger partial charge >= 0.3 is 5.97 Å². The Bertz CT molecular complexity index is 2060. The highest BCUT2D eigenvalue weighted by molar-refractivity contribution is 6.35. The third kappa shape index (κ3) is 10.2. The molecule has 1 amide bonds. The summed E-state index contributed by atoms with van der Waals surface area (Å²) in [7, 11) is 0. The number of likely N-dealkylation sites (tertiary alicyclic amines) is 1. The van der Waals surface area contributed by atoms with Gasteiger partial charge in [-0.15, -0.1) is 0 Å². The number of aliphatic hydroxyl groups excluding tert-OH is 2. The van der Waals surface area contributed by atoms with Gasteiger partial charge in [0.05, 0.1) is 41.0 Å². The van der Waals surface area contributed by atoms with Crippen LogP contribution >= 0.6 is 23.2 Å². The summed E-state index contributed by atoms with van der Waals surface area (Å²) in [5.74, 6) is -0.494. The molecule has 290 valence electrons. The van der Waals surface area contributed by atoms with Crippen molar-refractivity contribution >= 4 is 35.1 Å². The molecule has 1 fully saturated rings. The van der Waals surface area contributed by atoms with E-state index in [-0.39, 0.29) is 24.8 Å². The van der Waals surface area contributed by atoms with E-state index in [9.17, 15) is 30.2 Å². The van der Waals surface area contributed by atoms with Gasteiger partial charge < -0.3 is 35.3 Å². The lowest BCUT2D eigenvalue weighted by Crippen LogP contribution is -2.52. The zero-order chi connectivity index (χ0) is 39.7. The molecule has 6 N–H and O–H groups in total. The maximum Gasteiger partial charge on any atom is 0.326 e. The van der Waals surface area contributed by atoms with Crippen LogP contribution in [0.1, 0.15) is 47.6 Å². The van der Waals surface area contributed by atoms with Crippen molar-refractivity contribution in [3.05, 3.63) is 105 Å². The van der Waals surface area contributed by atoms with Gasteiger partial charge in [-0.2, -0.15) is 5.26 Å². The summed E-state index contributed by atoms with van der Waals surface area (Å²) in [6, 6.07) is 17.8. The first-order valence-corrected chi connectivity index (χ1v) is 18.3. The molecule has 0 saturated carbocycles. The molecular weight excluding hydrogens is 749 g/mol. The first kappa shape index (κ1) is 41.2. The number of carboxylic acids is 1. The minimum atomic E-state index is -1.61. The average Bonchev–Trinajstić information content (AvgIpc) is 3.56. The summed E-state index contributed by atoms with van der Waals surface area (Å²) in [5.41, 5.74) is 8.85. The number of primary amides is 1. The molecule has 3 atom stereocenters. The maximum absolute atomic E-state index is 11.8. The van der Waals surface area contributed by atoms with Gasteiger partial charge in [-0.3, -0.25) is 24.8 Å². The van der Waals surface area contributed by atoms with Crippen LogP contribution in [0.5, 0.6) is 17.2 Å². The Morgan fingerprint density at radius 1 is 1.04 bits per heavy atom. The van der Waals surface area contributed by atoms with E-state index >= 15 is 0 Å². The molecular formula is C40H43Cl2N5O8. The number of amides is 1. The van der Waals surface area contributed by atoms with E-state index in [1.807, 2.05) is 42.2 Å². The summed E-state index contributed by atoms with van der Waals surface area (Å²) >= 11 is 13.6. The Morgan fingerprint density at radius 2 is 1.78 bits per heavy atom. The molecule has 4 aromatic rings. The van der Waals surface area contributed by atoms with E-state index in [1.54, 1.807) is 30.5 Å². The topological polar surface area (TPSA) is 200 Å². The van der Waals surface area contributed by atoms with Gasteiger partial charge in [0, 0.05) is 54.8 Å². The maximum atomic E-state index is 11.8. The number of nitriles is 1. The van der Waals surface area contributed by atoms with Crippen LogP contribution in [0.3, 0.4) is 0 Å². The quantitative estimate of drug-likeness (QED) is 0.0846. The minimum absolute atomic E-state index is 0.00178. The molecule has 0 bridgehead atoms. The number of aliphatic carboxylic acids is 1. The molecule has 0 aliphatic carbocycles. The molecule has 0 spiro atoms. The molecule has 1 aliphatic heterocycles. The highest BCUT2D eigenvalue weighted by Crippen LogP contribution is 2.39. The predicted molar refractivity (Wildman–Crippen MR) is 206 cm³/mol. The molecule has 3 aromatic carbocycles. The molecule has 5 rings (SSSR count). The zero-order valence-corrected chi connectivity index (χ0v) is 31.9. The number of hydrogen-bond acceptors (Lipinski definition) is 11. The van der Waals surface area contributed by atoms with Crippen LogP contribution in [0.2, 0.25) is 10.0 Å². The predicted octanol–water partition coefficient (Wildman–Crippen LogP) is 5.01. The number of rotatable bonds is 18. The van der Waals surface area contributed by atoms with Crippen molar-refractivity contribution in [3.63, 3.8) is 0 Å². The molecule has 1 aromatic heterocycles. The number of carbonyl (C=O) groups is 2. The van der Waals surface area contributed by atoms with E-state index < -0.39 is 36.2 Å². The number of aromatic nitrogens is 1. The summed E-state index contributed by atoms with van der Waals surface area (Å²) < 4.78 is 18.4. The highest BCUT2D eigenvalue weighted by atomic mass is 35.5. The molecule has 0 radical (unpaired) electrons. The van der Waals surface area contributed by atoms with Gasteiger partial charge in [0.1, 0.15) is 42.1 Å². The summed E-state index contributed by atoms with van der Waals surface area (Å²) in [4.78, 5) is 29.5. The van der Waals surface area contributed by atoms with Crippen LogP contribution in [0, 0.1) is 18.3 Å². The number of halogens is 2. The van der Waals surface area contributed by atoms with Crippen LogP contribution in [-0.2, 0) is 29.3 Å². The molecule has 15 heteroatoms. The average molecular weight is 793 g/mol. The van der Waals surface area contributed by atoms with E-state index in [1.165, 1.54) is 13.1 Å².